The van der Waals surface area contributed by atoms with Gasteiger partial charge in [-0.05, 0) is 24.5 Å². The van der Waals surface area contributed by atoms with E-state index in [1.54, 1.807) is 6.26 Å². The summed E-state index contributed by atoms with van der Waals surface area (Å²) in [6, 6.07) is 2.52. The molecule has 19 heavy (non-hydrogen) atoms. The van der Waals surface area contributed by atoms with Gasteiger partial charge in [0, 0.05) is 12.0 Å². The molecule has 1 aliphatic rings. The maximum atomic E-state index is 13.9. The van der Waals surface area contributed by atoms with Crippen LogP contribution in [0.15, 0.2) is 23.4 Å². The van der Waals surface area contributed by atoms with E-state index in [-0.39, 0.29) is 17.8 Å². The van der Waals surface area contributed by atoms with Crippen LogP contribution in [0.4, 0.5) is 13.2 Å². The molecule has 100 valence electrons. The molecule has 0 fully saturated rings. The molecule has 0 radical (unpaired) electrons. The van der Waals surface area contributed by atoms with Gasteiger partial charge in [0.2, 0.25) is 5.16 Å². The summed E-state index contributed by atoms with van der Waals surface area (Å²) in [5.74, 6) is -0.934. The Bertz CT molecular complexity index is 629. The Balaban J connectivity index is 2.08. The monoisotopic (exact) mass is 285 g/mol. The zero-order chi connectivity index (χ0) is 13.6. The molecule has 0 unspecified atom stereocenters. The number of hydrogen-bond donors (Lipinski definition) is 0. The van der Waals surface area contributed by atoms with Crippen molar-refractivity contribution >= 4 is 11.8 Å². The van der Waals surface area contributed by atoms with E-state index in [0.29, 0.717) is 5.16 Å². The average Bonchev–Trinajstić information content (AvgIpc) is 2.93. The van der Waals surface area contributed by atoms with Gasteiger partial charge in [0.05, 0.1) is 6.04 Å². The Labute approximate surface area is 111 Å². The lowest BCUT2D eigenvalue weighted by molar-refractivity contribution is 0.325. The highest BCUT2D eigenvalue weighted by Crippen LogP contribution is 2.40. The first-order valence-corrected chi connectivity index (χ1v) is 6.92. The van der Waals surface area contributed by atoms with Gasteiger partial charge in [-0.2, -0.15) is 0 Å². The van der Waals surface area contributed by atoms with Crippen LogP contribution < -0.4 is 0 Å². The highest BCUT2D eigenvalue weighted by molar-refractivity contribution is 7.98. The molecule has 0 saturated heterocycles. The third-order valence-electron chi connectivity index (χ3n) is 3.14. The van der Waals surface area contributed by atoms with Gasteiger partial charge in [-0.3, -0.25) is 0 Å². The van der Waals surface area contributed by atoms with Gasteiger partial charge in [-0.1, -0.05) is 11.8 Å². The van der Waals surface area contributed by atoms with Crippen molar-refractivity contribution in [3.8, 4) is 0 Å². The van der Waals surface area contributed by atoms with Gasteiger partial charge in [0.1, 0.15) is 11.6 Å². The number of alkyl halides is 1. The van der Waals surface area contributed by atoms with E-state index in [1.165, 1.54) is 16.4 Å². The largest absolute Gasteiger partial charge is 0.239 e. The second-order valence-electron chi connectivity index (χ2n) is 4.29. The molecule has 0 spiro atoms. The van der Waals surface area contributed by atoms with Crippen molar-refractivity contribution in [1.29, 1.82) is 0 Å². The van der Waals surface area contributed by atoms with Crippen LogP contribution in [-0.2, 0) is 0 Å². The molecule has 2 atom stereocenters. The van der Waals surface area contributed by atoms with Crippen molar-refractivity contribution in [1.82, 2.24) is 14.8 Å². The maximum absolute atomic E-state index is 13.9. The predicted molar refractivity (Wildman–Crippen MR) is 64.8 cm³/mol. The van der Waals surface area contributed by atoms with Crippen molar-refractivity contribution in [2.75, 3.05) is 6.26 Å². The van der Waals surface area contributed by atoms with Crippen LogP contribution in [0, 0.1) is 11.6 Å². The highest BCUT2D eigenvalue weighted by atomic mass is 32.2. The predicted octanol–water partition coefficient (Wildman–Crippen LogP) is 3.28. The summed E-state index contributed by atoms with van der Waals surface area (Å²) >= 11 is 1.28. The van der Waals surface area contributed by atoms with Crippen molar-refractivity contribution in [3.05, 3.63) is 41.2 Å². The van der Waals surface area contributed by atoms with E-state index in [4.69, 9.17) is 0 Å². The zero-order valence-corrected chi connectivity index (χ0v) is 10.8. The van der Waals surface area contributed by atoms with Crippen LogP contribution in [0.2, 0.25) is 0 Å². The van der Waals surface area contributed by atoms with Gasteiger partial charge in [-0.15, -0.1) is 5.10 Å². The smallest absolute Gasteiger partial charge is 0.208 e. The first-order valence-electron chi connectivity index (χ1n) is 5.69. The average molecular weight is 285 g/mol. The summed E-state index contributed by atoms with van der Waals surface area (Å²) in [7, 11) is 0. The molecule has 3 nitrogen and oxygen atoms in total. The number of hydrogen-bond acceptors (Lipinski definition) is 3. The minimum absolute atomic E-state index is 0.0321. The van der Waals surface area contributed by atoms with Crippen molar-refractivity contribution in [2.45, 2.75) is 23.8 Å². The van der Waals surface area contributed by atoms with E-state index in [9.17, 15) is 13.2 Å². The van der Waals surface area contributed by atoms with Crippen molar-refractivity contribution < 1.29 is 13.2 Å². The SMILES string of the molecule is CSc1nc2n(n1)[C@H](c1cc(F)ccc1F)C[C@@H]2F. The fourth-order valence-corrected chi connectivity index (χ4v) is 2.63. The Hall–Kier alpha value is -1.50. The summed E-state index contributed by atoms with van der Waals surface area (Å²) in [4.78, 5) is 4.04. The number of nitrogens with zero attached hydrogens (tertiary/aromatic N) is 3. The second kappa shape index (κ2) is 4.56. The van der Waals surface area contributed by atoms with E-state index < -0.39 is 23.8 Å². The molecule has 2 heterocycles. The standard InChI is InChI=1S/C12H10F3N3S/c1-19-12-16-11-9(15)5-10(18(11)17-12)7-4-6(13)2-3-8(7)14/h2-4,9-10H,5H2,1H3/t9-,10-/m0/s1. The minimum Gasteiger partial charge on any atom is -0.239 e. The second-order valence-corrected chi connectivity index (χ2v) is 5.06. The zero-order valence-electron chi connectivity index (χ0n) is 9.98. The van der Waals surface area contributed by atoms with Crippen molar-refractivity contribution in [2.24, 2.45) is 0 Å². The molecule has 2 aromatic rings. The first kappa shape index (κ1) is 12.5. The van der Waals surface area contributed by atoms with E-state index in [1.807, 2.05) is 0 Å². The molecular formula is C12H10F3N3S. The van der Waals surface area contributed by atoms with Crippen LogP contribution in [-0.4, -0.2) is 21.0 Å². The highest BCUT2D eigenvalue weighted by Gasteiger charge is 2.36. The topological polar surface area (TPSA) is 30.7 Å². The number of rotatable bonds is 2. The minimum atomic E-state index is -1.30. The number of thioether (sulfide) groups is 1. The molecular weight excluding hydrogens is 275 g/mol. The van der Waals surface area contributed by atoms with E-state index in [2.05, 4.69) is 10.1 Å². The summed E-state index contributed by atoms with van der Waals surface area (Å²) in [6.07, 6.45) is 0.501. The molecule has 1 aromatic heterocycles. The maximum Gasteiger partial charge on any atom is 0.208 e. The molecule has 0 saturated carbocycles. The summed E-state index contributed by atoms with van der Waals surface area (Å²) in [5.41, 5.74) is 0.110. The summed E-state index contributed by atoms with van der Waals surface area (Å²) in [6.45, 7) is 0. The molecule has 0 N–H and O–H groups in total. The van der Waals surface area contributed by atoms with E-state index in [0.717, 1.165) is 18.2 Å². The lowest BCUT2D eigenvalue weighted by atomic mass is 10.0. The van der Waals surface area contributed by atoms with Crippen molar-refractivity contribution in [3.63, 3.8) is 0 Å². The summed E-state index contributed by atoms with van der Waals surface area (Å²) in [5, 5.41) is 4.56. The summed E-state index contributed by atoms with van der Waals surface area (Å²) < 4.78 is 42.3. The van der Waals surface area contributed by atoms with E-state index >= 15 is 0 Å². The third kappa shape index (κ3) is 2.01. The number of halogens is 3. The van der Waals surface area contributed by atoms with Gasteiger partial charge >= 0.3 is 0 Å². The van der Waals surface area contributed by atoms with Crippen LogP contribution in [0.3, 0.4) is 0 Å². The Kier molecular flexibility index (Phi) is 3.00. The first-order chi connectivity index (χ1) is 9.10. The van der Waals surface area contributed by atoms with Crippen LogP contribution >= 0.6 is 11.8 Å². The van der Waals surface area contributed by atoms with Gasteiger partial charge in [-0.25, -0.2) is 22.8 Å². The van der Waals surface area contributed by atoms with Crippen LogP contribution in [0.5, 0.6) is 0 Å². The fourth-order valence-electron chi connectivity index (χ4n) is 2.27. The number of fused-ring (bicyclic) bond motifs is 1. The molecule has 3 rings (SSSR count). The quantitative estimate of drug-likeness (QED) is 0.793. The lowest BCUT2D eigenvalue weighted by Crippen LogP contribution is -2.10. The molecule has 0 aliphatic carbocycles. The number of aromatic nitrogens is 3. The normalized spacial score (nSPS) is 21.7. The van der Waals surface area contributed by atoms with Gasteiger partial charge < -0.3 is 0 Å². The molecule has 0 bridgehead atoms. The number of benzene rings is 1. The molecule has 7 heteroatoms. The Morgan fingerprint density at radius 1 is 1.37 bits per heavy atom. The Morgan fingerprint density at radius 3 is 2.89 bits per heavy atom. The van der Waals surface area contributed by atoms with Gasteiger partial charge in [0.15, 0.2) is 12.0 Å². The van der Waals surface area contributed by atoms with Gasteiger partial charge in [0.25, 0.3) is 0 Å². The molecule has 1 aliphatic heterocycles. The molecule has 1 aromatic carbocycles. The third-order valence-corrected chi connectivity index (χ3v) is 3.68. The Morgan fingerprint density at radius 2 is 2.16 bits per heavy atom. The van der Waals surface area contributed by atoms with Crippen LogP contribution in [0.25, 0.3) is 0 Å². The fraction of sp³-hybridized carbons (Fsp3) is 0.333. The van der Waals surface area contributed by atoms with Crippen LogP contribution in [0.1, 0.15) is 30.0 Å². The molecule has 0 amide bonds. The lowest BCUT2D eigenvalue weighted by Gasteiger charge is -2.12.